The van der Waals surface area contributed by atoms with Crippen LogP contribution in [0, 0.1) is 5.82 Å². The molecule has 1 N–H and O–H groups in total. The van der Waals surface area contributed by atoms with E-state index in [9.17, 15) is 9.18 Å². The van der Waals surface area contributed by atoms with Gasteiger partial charge in [0.1, 0.15) is 5.82 Å². The van der Waals surface area contributed by atoms with Crippen molar-refractivity contribution in [1.29, 1.82) is 0 Å². The highest BCUT2D eigenvalue weighted by Gasteiger charge is 2.12. The number of hydrogen-bond donors (Lipinski definition) is 1. The first-order valence-electron chi connectivity index (χ1n) is 8.00. The van der Waals surface area contributed by atoms with Crippen LogP contribution < -0.4 is 5.32 Å². The van der Waals surface area contributed by atoms with Crippen molar-refractivity contribution in [3.05, 3.63) is 66.7 Å². The minimum atomic E-state index is -0.406. The molecule has 0 aliphatic heterocycles. The summed E-state index contributed by atoms with van der Waals surface area (Å²) in [5, 5.41) is 15.8. The lowest BCUT2D eigenvalue weighted by molar-refractivity contribution is -0.113. The predicted molar refractivity (Wildman–Crippen MR) is 99.8 cm³/mol. The first-order chi connectivity index (χ1) is 13.2. The molecule has 4 aromatic rings. The Hall–Kier alpha value is -3.33. The molecule has 3 aromatic heterocycles. The first-order valence-corrected chi connectivity index (χ1v) is 8.99. The smallest absolute Gasteiger partial charge is 0.234 e. The largest absolute Gasteiger partial charge is 0.325 e. The number of thioether (sulfide) groups is 1. The van der Waals surface area contributed by atoms with Crippen molar-refractivity contribution in [3.8, 4) is 11.3 Å². The molecule has 7 nitrogen and oxygen atoms in total. The van der Waals surface area contributed by atoms with E-state index in [1.54, 1.807) is 29.0 Å². The quantitative estimate of drug-likeness (QED) is 0.536. The maximum atomic E-state index is 13.2. The van der Waals surface area contributed by atoms with E-state index < -0.39 is 5.82 Å². The summed E-state index contributed by atoms with van der Waals surface area (Å²) < 4.78 is 14.8. The number of benzene rings is 1. The van der Waals surface area contributed by atoms with Gasteiger partial charge >= 0.3 is 0 Å². The predicted octanol–water partition coefficient (Wildman–Crippen LogP) is 3.06. The van der Waals surface area contributed by atoms with Gasteiger partial charge in [-0.2, -0.15) is 9.61 Å². The zero-order valence-electron chi connectivity index (χ0n) is 13.9. The van der Waals surface area contributed by atoms with Crippen LogP contribution in [0.15, 0.2) is 66.1 Å². The number of halogens is 1. The van der Waals surface area contributed by atoms with Gasteiger partial charge in [0.15, 0.2) is 5.65 Å². The molecule has 0 radical (unpaired) electrons. The normalized spacial score (nSPS) is 10.9. The van der Waals surface area contributed by atoms with E-state index in [4.69, 9.17) is 0 Å². The Kier molecular flexibility index (Phi) is 4.75. The minimum Gasteiger partial charge on any atom is -0.325 e. The van der Waals surface area contributed by atoms with Crippen LogP contribution in [0.4, 0.5) is 10.1 Å². The fourth-order valence-electron chi connectivity index (χ4n) is 2.42. The number of hydrogen-bond acceptors (Lipinski definition) is 6. The van der Waals surface area contributed by atoms with E-state index >= 15 is 0 Å². The lowest BCUT2D eigenvalue weighted by atomic mass is 10.2. The molecule has 0 aliphatic carbocycles. The molecule has 134 valence electrons. The van der Waals surface area contributed by atoms with Crippen molar-refractivity contribution < 1.29 is 9.18 Å². The second-order valence-corrected chi connectivity index (χ2v) is 6.50. The number of carbonyl (C=O) groups excluding carboxylic acids is 1. The lowest BCUT2D eigenvalue weighted by Crippen LogP contribution is -2.14. The maximum Gasteiger partial charge on any atom is 0.234 e. The summed E-state index contributed by atoms with van der Waals surface area (Å²) in [5.74, 6) is -0.586. The van der Waals surface area contributed by atoms with Crippen LogP contribution in [0.5, 0.6) is 0 Å². The van der Waals surface area contributed by atoms with Crippen molar-refractivity contribution in [2.45, 2.75) is 5.16 Å². The number of rotatable bonds is 5. The fraction of sp³-hybridized carbons (Fsp3) is 0.0556. The summed E-state index contributed by atoms with van der Waals surface area (Å²) in [6.07, 6.45) is 3.41. The number of amides is 1. The molecule has 3 heterocycles. The third-order valence-electron chi connectivity index (χ3n) is 3.63. The second kappa shape index (κ2) is 7.50. The van der Waals surface area contributed by atoms with Gasteiger partial charge in [0.25, 0.3) is 0 Å². The molecule has 0 unspecified atom stereocenters. The number of carbonyl (C=O) groups is 1. The van der Waals surface area contributed by atoms with Gasteiger partial charge in [0.05, 0.1) is 11.4 Å². The van der Waals surface area contributed by atoms with E-state index in [2.05, 4.69) is 25.6 Å². The monoisotopic (exact) mass is 380 g/mol. The molecule has 0 saturated carbocycles. The van der Waals surface area contributed by atoms with E-state index in [1.165, 1.54) is 30.0 Å². The molecule has 1 amide bonds. The van der Waals surface area contributed by atoms with Gasteiger partial charge in [-0.1, -0.05) is 17.8 Å². The van der Waals surface area contributed by atoms with E-state index in [0.29, 0.717) is 16.5 Å². The first kappa shape index (κ1) is 17.1. The van der Waals surface area contributed by atoms with Crippen LogP contribution >= 0.6 is 11.8 Å². The summed E-state index contributed by atoms with van der Waals surface area (Å²) in [7, 11) is 0. The zero-order chi connectivity index (χ0) is 18.6. The van der Waals surface area contributed by atoms with Crippen molar-refractivity contribution in [2.24, 2.45) is 0 Å². The van der Waals surface area contributed by atoms with Crippen LogP contribution in [-0.2, 0) is 4.79 Å². The topological polar surface area (TPSA) is 85.1 Å². The third kappa shape index (κ3) is 3.93. The van der Waals surface area contributed by atoms with Gasteiger partial charge < -0.3 is 5.32 Å². The molecule has 1 aromatic carbocycles. The Balaban J connectivity index is 1.49. The highest BCUT2D eigenvalue weighted by molar-refractivity contribution is 7.99. The van der Waals surface area contributed by atoms with E-state index in [0.717, 1.165) is 11.3 Å². The molecule has 0 spiro atoms. The van der Waals surface area contributed by atoms with Gasteiger partial charge in [-0.3, -0.25) is 9.78 Å². The SMILES string of the molecule is O=C(CSc1nnc2ccc(-c3cccnc3)nn12)Nc1cccc(F)c1. The van der Waals surface area contributed by atoms with Gasteiger partial charge in [0, 0.05) is 23.6 Å². The van der Waals surface area contributed by atoms with Crippen molar-refractivity contribution >= 4 is 29.0 Å². The molecule has 0 atom stereocenters. The van der Waals surface area contributed by atoms with Crippen molar-refractivity contribution in [3.63, 3.8) is 0 Å². The highest BCUT2D eigenvalue weighted by Crippen LogP contribution is 2.20. The fourth-order valence-corrected chi connectivity index (χ4v) is 3.11. The molecule has 0 saturated heterocycles. The summed E-state index contributed by atoms with van der Waals surface area (Å²) in [5.41, 5.74) is 2.58. The van der Waals surface area contributed by atoms with Crippen LogP contribution in [0.25, 0.3) is 16.9 Å². The van der Waals surface area contributed by atoms with E-state index in [-0.39, 0.29) is 11.7 Å². The number of nitrogens with one attached hydrogen (secondary N) is 1. The molecule has 0 bridgehead atoms. The molecule has 0 fully saturated rings. The number of aromatic nitrogens is 5. The molecule has 4 rings (SSSR count). The average Bonchev–Trinajstić information content (AvgIpc) is 3.09. The number of nitrogens with zero attached hydrogens (tertiary/aromatic N) is 5. The number of pyridine rings is 1. The van der Waals surface area contributed by atoms with Gasteiger partial charge in [-0.25, -0.2) is 4.39 Å². The Labute approximate surface area is 157 Å². The molecule has 9 heteroatoms. The van der Waals surface area contributed by atoms with Crippen molar-refractivity contribution in [1.82, 2.24) is 24.8 Å². The van der Waals surface area contributed by atoms with E-state index in [1.807, 2.05) is 18.2 Å². The number of anilines is 1. The Morgan fingerprint density at radius 2 is 2.07 bits per heavy atom. The zero-order valence-corrected chi connectivity index (χ0v) is 14.7. The Morgan fingerprint density at radius 3 is 2.89 bits per heavy atom. The maximum absolute atomic E-state index is 13.2. The summed E-state index contributed by atoms with van der Waals surface area (Å²) in [6.45, 7) is 0. The van der Waals surface area contributed by atoms with Crippen molar-refractivity contribution in [2.75, 3.05) is 11.1 Å². The minimum absolute atomic E-state index is 0.0934. The van der Waals surface area contributed by atoms with Crippen LogP contribution in [0.3, 0.4) is 0 Å². The Morgan fingerprint density at radius 1 is 1.15 bits per heavy atom. The number of fused-ring (bicyclic) bond motifs is 1. The molecule has 27 heavy (non-hydrogen) atoms. The molecular formula is C18H13FN6OS. The summed E-state index contributed by atoms with van der Waals surface area (Å²) >= 11 is 1.20. The third-order valence-corrected chi connectivity index (χ3v) is 4.55. The van der Waals surface area contributed by atoms with Gasteiger partial charge in [0.2, 0.25) is 11.1 Å². The molecule has 0 aliphatic rings. The molecular weight excluding hydrogens is 367 g/mol. The van der Waals surface area contributed by atoms with Gasteiger partial charge in [-0.05, 0) is 42.5 Å². The lowest BCUT2D eigenvalue weighted by Gasteiger charge is -2.05. The Bertz CT molecular complexity index is 1100. The highest BCUT2D eigenvalue weighted by atomic mass is 32.2. The van der Waals surface area contributed by atoms with Crippen LogP contribution in [0.1, 0.15) is 0 Å². The summed E-state index contributed by atoms with van der Waals surface area (Å²) in [6, 6.07) is 13.1. The second-order valence-electron chi connectivity index (χ2n) is 5.56. The van der Waals surface area contributed by atoms with Crippen LogP contribution in [0.2, 0.25) is 0 Å². The van der Waals surface area contributed by atoms with Gasteiger partial charge in [-0.15, -0.1) is 10.2 Å². The standard InChI is InChI=1S/C18H13FN6OS/c19-13-4-1-5-14(9-13)21-17(26)11-27-18-23-22-16-7-6-15(24-25(16)18)12-3-2-8-20-10-12/h1-10H,11H2,(H,21,26). The van der Waals surface area contributed by atoms with Crippen LogP contribution in [-0.4, -0.2) is 36.5 Å². The summed E-state index contributed by atoms with van der Waals surface area (Å²) in [4.78, 5) is 16.2. The average molecular weight is 380 g/mol.